The maximum absolute atomic E-state index is 9.84. The lowest BCUT2D eigenvalue weighted by atomic mass is 9.91. The van der Waals surface area contributed by atoms with Crippen molar-refractivity contribution in [2.45, 2.75) is 37.8 Å². The number of nitrogens with one attached hydrogen (secondary N) is 1. The fourth-order valence-electron chi connectivity index (χ4n) is 3.72. The monoisotopic (exact) mass is 362 g/mol. The van der Waals surface area contributed by atoms with Gasteiger partial charge in [-0.25, -0.2) is 0 Å². The van der Waals surface area contributed by atoms with Gasteiger partial charge in [0.15, 0.2) is 11.5 Å². The van der Waals surface area contributed by atoms with Gasteiger partial charge < -0.3 is 20.9 Å². The second-order valence-electron chi connectivity index (χ2n) is 7.15. The van der Waals surface area contributed by atoms with Crippen LogP contribution in [0.1, 0.15) is 25.7 Å². The highest BCUT2D eigenvalue weighted by Crippen LogP contribution is 2.34. The molecule has 1 saturated carbocycles. The van der Waals surface area contributed by atoms with Crippen molar-refractivity contribution >= 4 is 16.6 Å². The molecule has 0 unspecified atom stereocenters. The van der Waals surface area contributed by atoms with Crippen molar-refractivity contribution in [3.63, 3.8) is 0 Å². The number of methoxy groups -OCH3 is 1. The highest BCUT2D eigenvalue weighted by Gasteiger charge is 2.19. The van der Waals surface area contributed by atoms with Crippen LogP contribution in [0.2, 0.25) is 0 Å². The van der Waals surface area contributed by atoms with Crippen LogP contribution in [0, 0.1) is 6.07 Å². The van der Waals surface area contributed by atoms with E-state index >= 15 is 0 Å². The van der Waals surface area contributed by atoms with Crippen LogP contribution in [-0.4, -0.2) is 29.3 Å². The fourth-order valence-corrected chi connectivity index (χ4v) is 3.72. The summed E-state index contributed by atoms with van der Waals surface area (Å²) in [6, 6.07) is 15.5. The van der Waals surface area contributed by atoms with Crippen LogP contribution in [-0.2, 0) is 0 Å². The molecule has 3 aromatic rings. The number of fused-ring (bicyclic) bond motifs is 1. The molecule has 0 aliphatic heterocycles. The molecule has 0 spiro atoms. The summed E-state index contributed by atoms with van der Waals surface area (Å²) in [4.78, 5) is 4.45. The Morgan fingerprint density at radius 3 is 2.63 bits per heavy atom. The van der Waals surface area contributed by atoms with E-state index < -0.39 is 0 Å². The van der Waals surface area contributed by atoms with Crippen LogP contribution in [0.4, 0.5) is 5.69 Å². The zero-order valence-corrected chi connectivity index (χ0v) is 15.4. The number of phenolic OH excluding ortho intramolecular Hbond substituents is 1. The Kier molecular flexibility index (Phi) is 4.86. The lowest BCUT2D eigenvalue weighted by molar-refractivity contribution is 0.373. The molecule has 4 rings (SSSR count). The molecular formula is C22H24N3O2. The summed E-state index contributed by atoms with van der Waals surface area (Å²) in [5.74, 6) is 0.595. The maximum atomic E-state index is 9.84. The molecule has 0 amide bonds. The number of aromatic nitrogens is 1. The molecule has 2 aromatic carbocycles. The predicted octanol–water partition coefficient (Wildman–Crippen LogP) is 4.10. The number of phenols is 1. The highest BCUT2D eigenvalue weighted by atomic mass is 16.5. The molecule has 1 heterocycles. The lowest BCUT2D eigenvalue weighted by Crippen LogP contribution is -2.32. The van der Waals surface area contributed by atoms with E-state index in [4.69, 9.17) is 10.5 Å². The number of nitrogens with two attached hydrogens (primary N) is 1. The molecule has 4 N–H and O–H groups in total. The summed E-state index contributed by atoms with van der Waals surface area (Å²) in [6.45, 7) is 0. The zero-order chi connectivity index (χ0) is 18.8. The van der Waals surface area contributed by atoms with E-state index in [9.17, 15) is 5.11 Å². The maximum Gasteiger partial charge on any atom is 0.161 e. The first-order chi connectivity index (χ1) is 13.1. The van der Waals surface area contributed by atoms with Gasteiger partial charge in [-0.1, -0.05) is 12.1 Å². The Hall–Kier alpha value is -2.79. The highest BCUT2D eigenvalue weighted by molar-refractivity contribution is 5.94. The number of anilines is 1. The van der Waals surface area contributed by atoms with Crippen LogP contribution < -0.4 is 15.8 Å². The molecule has 5 heteroatoms. The van der Waals surface area contributed by atoms with Gasteiger partial charge in [0.1, 0.15) is 0 Å². The van der Waals surface area contributed by atoms with Crippen molar-refractivity contribution in [3.05, 3.63) is 48.7 Å². The molecule has 1 aromatic heterocycles. The normalized spacial score (nSPS) is 19.8. The van der Waals surface area contributed by atoms with Crippen LogP contribution >= 0.6 is 0 Å². The molecule has 27 heavy (non-hydrogen) atoms. The summed E-state index contributed by atoms with van der Waals surface area (Å²) in [7, 11) is 1.55. The number of nitrogens with zero attached hydrogens (tertiary/aromatic N) is 1. The van der Waals surface area contributed by atoms with Crippen LogP contribution in [0.3, 0.4) is 0 Å². The molecule has 1 radical (unpaired) electrons. The van der Waals surface area contributed by atoms with Crippen molar-refractivity contribution in [3.8, 4) is 22.6 Å². The summed E-state index contributed by atoms with van der Waals surface area (Å²) in [5, 5.41) is 14.5. The Morgan fingerprint density at radius 2 is 1.85 bits per heavy atom. The second kappa shape index (κ2) is 7.45. The van der Waals surface area contributed by atoms with Crippen LogP contribution in [0.25, 0.3) is 22.0 Å². The third-order valence-corrected chi connectivity index (χ3v) is 5.31. The van der Waals surface area contributed by atoms with Crippen LogP contribution in [0.5, 0.6) is 11.5 Å². The Labute approximate surface area is 159 Å². The summed E-state index contributed by atoms with van der Waals surface area (Å²) < 4.78 is 5.24. The fraction of sp³-hybridized carbons (Fsp3) is 0.318. The Balaban J connectivity index is 1.69. The van der Waals surface area contributed by atoms with E-state index in [1.165, 1.54) is 0 Å². The first kappa shape index (κ1) is 17.6. The van der Waals surface area contributed by atoms with Crippen molar-refractivity contribution in [2.24, 2.45) is 5.73 Å². The minimum atomic E-state index is 0.134. The first-order valence-electron chi connectivity index (χ1n) is 9.34. The predicted molar refractivity (Wildman–Crippen MR) is 108 cm³/mol. The average molecular weight is 362 g/mol. The lowest BCUT2D eigenvalue weighted by Gasteiger charge is -2.28. The number of benzene rings is 2. The molecule has 1 aliphatic rings. The largest absolute Gasteiger partial charge is 0.504 e. The van der Waals surface area contributed by atoms with Gasteiger partial charge in [0.25, 0.3) is 0 Å². The number of hydrogen-bond acceptors (Lipinski definition) is 5. The Bertz CT molecular complexity index is 949. The van der Waals surface area contributed by atoms with Gasteiger partial charge >= 0.3 is 0 Å². The molecular weight excluding hydrogens is 338 g/mol. The van der Waals surface area contributed by atoms with Crippen molar-refractivity contribution in [2.75, 3.05) is 12.4 Å². The minimum absolute atomic E-state index is 0.134. The number of pyridine rings is 1. The van der Waals surface area contributed by atoms with Crippen molar-refractivity contribution in [1.29, 1.82) is 0 Å². The van der Waals surface area contributed by atoms with Gasteiger partial charge in [-0.15, -0.1) is 0 Å². The topological polar surface area (TPSA) is 80.4 Å². The van der Waals surface area contributed by atoms with Gasteiger partial charge in [-0.2, -0.15) is 0 Å². The Morgan fingerprint density at radius 1 is 1.11 bits per heavy atom. The summed E-state index contributed by atoms with van der Waals surface area (Å²) in [6.07, 6.45) is 5.99. The number of ether oxygens (including phenoxy) is 1. The smallest absolute Gasteiger partial charge is 0.161 e. The summed E-state index contributed by atoms with van der Waals surface area (Å²) >= 11 is 0. The van der Waals surface area contributed by atoms with E-state index in [1.807, 2.05) is 24.3 Å². The quantitative estimate of drug-likeness (QED) is 0.651. The summed E-state index contributed by atoms with van der Waals surface area (Å²) in [5.41, 5.74) is 9.95. The zero-order valence-electron chi connectivity index (χ0n) is 15.4. The molecule has 0 atom stereocenters. The van der Waals surface area contributed by atoms with E-state index in [-0.39, 0.29) is 5.75 Å². The number of hydrogen-bond donors (Lipinski definition) is 3. The molecule has 1 fully saturated rings. The van der Waals surface area contributed by atoms with Crippen LogP contribution in [0.15, 0.2) is 42.6 Å². The van der Waals surface area contributed by atoms with Gasteiger partial charge in [-0.05, 0) is 61.1 Å². The van der Waals surface area contributed by atoms with E-state index in [1.54, 1.807) is 19.4 Å². The molecule has 139 valence electrons. The average Bonchev–Trinajstić information content (AvgIpc) is 2.70. The van der Waals surface area contributed by atoms with Crippen molar-refractivity contribution < 1.29 is 9.84 Å². The molecule has 0 saturated heterocycles. The molecule has 1 aliphatic carbocycles. The van der Waals surface area contributed by atoms with E-state index in [0.29, 0.717) is 17.8 Å². The molecule has 5 nitrogen and oxygen atoms in total. The van der Waals surface area contributed by atoms with Gasteiger partial charge in [0, 0.05) is 29.7 Å². The van der Waals surface area contributed by atoms with Crippen molar-refractivity contribution in [1.82, 2.24) is 4.98 Å². The minimum Gasteiger partial charge on any atom is -0.504 e. The first-order valence-corrected chi connectivity index (χ1v) is 9.34. The SMILES string of the molecule is COc1cc(-c2ccc3nc[c]c(NC4CCC(N)CC4)c3c2)ccc1O. The second-order valence-corrected chi connectivity index (χ2v) is 7.15. The third kappa shape index (κ3) is 3.69. The number of aromatic hydroxyl groups is 1. The molecule has 0 bridgehead atoms. The van der Waals surface area contributed by atoms with E-state index in [0.717, 1.165) is 53.4 Å². The van der Waals surface area contributed by atoms with Gasteiger partial charge in [0.2, 0.25) is 0 Å². The van der Waals surface area contributed by atoms with Gasteiger partial charge in [0.05, 0.1) is 18.3 Å². The standard InChI is InChI=1S/C22H24N3O2/c1-27-22-13-15(3-9-21(22)26)14-2-8-19-18(12-14)20(10-11-24-19)25-17-6-4-16(23)5-7-17/h2-3,8-9,11-13,16-17,26H,4-7,23H2,1H3,(H,24,25). The third-order valence-electron chi connectivity index (χ3n) is 5.31. The number of rotatable bonds is 4. The van der Waals surface area contributed by atoms with Gasteiger partial charge in [-0.3, -0.25) is 4.98 Å². The van der Waals surface area contributed by atoms with E-state index in [2.05, 4.69) is 22.4 Å².